The van der Waals surface area contributed by atoms with Crippen LogP contribution in [0.3, 0.4) is 0 Å². The third kappa shape index (κ3) is 5.59. The van der Waals surface area contributed by atoms with Gasteiger partial charge in [-0.05, 0) is 45.0 Å². The quantitative estimate of drug-likeness (QED) is 0.289. The zero-order chi connectivity index (χ0) is 25.5. The molecule has 0 aliphatic heterocycles. The molecule has 0 radical (unpaired) electrons. The number of hydrogen-bond donors (Lipinski definition) is 1. The third-order valence-electron chi connectivity index (χ3n) is 5.58. The zero-order valence-electron chi connectivity index (χ0n) is 21.4. The van der Waals surface area contributed by atoms with Crippen LogP contribution in [0.2, 0.25) is 25.7 Å². The molecule has 4 rings (SSSR count). The smallest absolute Gasteiger partial charge is 0.255 e. The highest BCUT2D eigenvalue weighted by atomic mass is 28.3. The standard InChI is InChI=1S/C25H33FN6O2Si/c1-25(2,3)29-24(33)18-14-32(15-34-10-11-35(5,6)7)23-22(18)28-19(13-27-23)21-17-9-8-16(26)12-20(17)31(4)30-21/h8-9,12-14H,10-11,15H2,1-7H3,(H,29,33). The molecule has 0 spiro atoms. The van der Waals surface area contributed by atoms with Crippen molar-refractivity contribution in [3.8, 4) is 11.4 Å². The first-order valence-electron chi connectivity index (χ1n) is 11.7. The minimum absolute atomic E-state index is 0.234. The monoisotopic (exact) mass is 496 g/mol. The van der Waals surface area contributed by atoms with Crippen LogP contribution in [0.4, 0.5) is 4.39 Å². The summed E-state index contributed by atoms with van der Waals surface area (Å²) in [6.45, 7) is 13.6. The molecule has 0 atom stereocenters. The van der Waals surface area contributed by atoms with Gasteiger partial charge in [0.05, 0.1) is 17.3 Å². The molecule has 10 heteroatoms. The largest absolute Gasteiger partial charge is 0.361 e. The van der Waals surface area contributed by atoms with Crippen LogP contribution >= 0.6 is 0 Å². The summed E-state index contributed by atoms with van der Waals surface area (Å²) in [5.74, 6) is -0.566. The van der Waals surface area contributed by atoms with Gasteiger partial charge in [0.15, 0.2) is 5.65 Å². The molecule has 8 nitrogen and oxygen atoms in total. The summed E-state index contributed by atoms with van der Waals surface area (Å²) >= 11 is 0. The second-order valence-electron chi connectivity index (χ2n) is 11.1. The summed E-state index contributed by atoms with van der Waals surface area (Å²) in [7, 11) is 0.541. The van der Waals surface area contributed by atoms with E-state index in [2.05, 4.69) is 35.0 Å². The van der Waals surface area contributed by atoms with Crippen LogP contribution in [-0.4, -0.2) is 50.4 Å². The number of rotatable bonds is 7. The summed E-state index contributed by atoms with van der Waals surface area (Å²) in [6.07, 6.45) is 3.38. The molecule has 0 bridgehead atoms. The molecule has 1 amide bonds. The van der Waals surface area contributed by atoms with Crippen LogP contribution in [0.5, 0.6) is 0 Å². The zero-order valence-corrected chi connectivity index (χ0v) is 22.4. The number of aryl methyl sites for hydroxylation is 1. The highest BCUT2D eigenvalue weighted by Crippen LogP contribution is 2.29. The van der Waals surface area contributed by atoms with E-state index in [9.17, 15) is 9.18 Å². The van der Waals surface area contributed by atoms with E-state index in [4.69, 9.17) is 9.72 Å². The van der Waals surface area contributed by atoms with E-state index in [1.807, 2.05) is 25.3 Å². The van der Waals surface area contributed by atoms with Gasteiger partial charge >= 0.3 is 0 Å². The summed E-state index contributed by atoms with van der Waals surface area (Å²) in [4.78, 5) is 22.6. The second kappa shape index (κ2) is 9.16. The minimum Gasteiger partial charge on any atom is -0.361 e. The van der Waals surface area contributed by atoms with Crippen molar-refractivity contribution < 1.29 is 13.9 Å². The fourth-order valence-corrected chi connectivity index (χ4v) is 4.56. The molecular weight excluding hydrogens is 463 g/mol. The molecule has 0 saturated carbocycles. The molecule has 0 unspecified atom stereocenters. The average molecular weight is 497 g/mol. The first-order valence-corrected chi connectivity index (χ1v) is 15.4. The highest BCUT2D eigenvalue weighted by Gasteiger charge is 2.23. The van der Waals surface area contributed by atoms with Crippen LogP contribution in [0, 0.1) is 5.82 Å². The molecule has 1 aromatic carbocycles. The van der Waals surface area contributed by atoms with Gasteiger partial charge in [-0.15, -0.1) is 0 Å². The number of hydrogen-bond acceptors (Lipinski definition) is 5. The lowest BCUT2D eigenvalue weighted by molar-refractivity contribution is 0.0886. The molecule has 35 heavy (non-hydrogen) atoms. The van der Waals surface area contributed by atoms with E-state index in [-0.39, 0.29) is 18.5 Å². The van der Waals surface area contributed by atoms with Gasteiger partial charge in [-0.25, -0.2) is 14.4 Å². The number of carbonyl (C=O) groups is 1. The predicted octanol–water partition coefficient (Wildman–Crippen LogP) is 4.96. The van der Waals surface area contributed by atoms with Crippen LogP contribution in [0.1, 0.15) is 31.1 Å². The Morgan fingerprint density at radius 1 is 1.23 bits per heavy atom. The number of nitrogens with zero attached hydrogens (tertiary/aromatic N) is 5. The van der Waals surface area contributed by atoms with Crippen molar-refractivity contribution in [3.63, 3.8) is 0 Å². The van der Waals surface area contributed by atoms with Gasteiger partial charge in [0.2, 0.25) is 0 Å². The molecule has 4 aromatic rings. The summed E-state index contributed by atoms with van der Waals surface area (Å²) in [5, 5.41) is 8.32. The van der Waals surface area contributed by atoms with E-state index >= 15 is 0 Å². The predicted molar refractivity (Wildman–Crippen MR) is 139 cm³/mol. The fraction of sp³-hybridized carbons (Fsp3) is 0.440. The van der Waals surface area contributed by atoms with E-state index in [1.54, 1.807) is 30.2 Å². The molecule has 0 aliphatic rings. The number of halogens is 1. The van der Waals surface area contributed by atoms with Crippen LogP contribution < -0.4 is 5.32 Å². The van der Waals surface area contributed by atoms with Gasteiger partial charge in [0.25, 0.3) is 5.91 Å². The summed E-state index contributed by atoms with van der Waals surface area (Å²) in [6, 6.07) is 5.57. The van der Waals surface area contributed by atoms with Crippen molar-refractivity contribution in [1.82, 2.24) is 29.6 Å². The van der Waals surface area contributed by atoms with Crippen molar-refractivity contribution >= 4 is 36.0 Å². The van der Waals surface area contributed by atoms with E-state index in [0.29, 0.717) is 40.2 Å². The van der Waals surface area contributed by atoms with Gasteiger partial charge in [0.1, 0.15) is 29.5 Å². The molecule has 0 aliphatic carbocycles. The number of aromatic nitrogens is 5. The minimum atomic E-state index is -1.22. The van der Waals surface area contributed by atoms with E-state index < -0.39 is 13.6 Å². The maximum atomic E-state index is 13.8. The van der Waals surface area contributed by atoms with Crippen molar-refractivity contribution in [2.24, 2.45) is 7.05 Å². The van der Waals surface area contributed by atoms with Gasteiger partial charge in [-0.2, -0.15) is 5.10 Å². The Kier molecular flexibility index (Phi) is 6.54. The van der Waals surface area contributed by atoms with Gasteiger partial charge in [0, 0.05) is 38.9 Å². The Hall–Kier alpha value is -3.11. The first-order chi connectivity index (χ1) is 16.3. The fourth-order valence-electron chi connectivity index (χ4n) is 3.80. The molecule has 186 valence electrons. The molecule has 3 aromatic heterocycles. The topological polar surface area (TPSA) is 86.9 Å². The van der Waals surface area contributed by atoms with Crippen molar-refractivity contribution in [3.05, 3.63) is 42.0 Å². The van der Waals surface area contributed by atoms with Crippen molar-refractivity contribution in [1.29, 1.82) is 0 Å². The molecule has 0 saturated heterocycles. The average Bonchev–Trinajstić information content (AvgIpc) is 3.27. The lowest BCUT2D eigenvalue weighted by atomic mass is 10.1. The maximum absolute atomic E-state index is 13.8. The van der Waals surface area contributed by atoms with Gasteiger partial charge in [-0.1, -0.05) is 19.6 Å². The summed E-state index contributed by atoms with van der Waals surface area (Å²) in [5.41, 5.74) is 2.79. The first kappa shape index (κ1) is 25.0. The number of ether oxygens (including phenoxy) is 1. The van der Waals surface area contributed by atoms with E-state index in [0.717, 1.165) is 11.4 Å². The third-order valence-corrected chi connectivity index (χ3v) is 7.29. The SMILES string of the molecule is Cn1nc(-c2cnc3c(n2)c(C(=O)NC(C)(C)C)cn3COCC[Si](C)(C)C)c2ccc(F)cc21. The van der Waals surface area contributed by atoms with Crippen LogP contribution in [0.25, 0.3) is 33.5 Å². The molecule has 1 N–H and O–H groups in total. The Balaban J connectivity index is 1.76. The Morgan fingerprint density at radius 3 is 2.66 bits per heavy atom. The van der Waals surface area contributed by atoms with Gasteiger partial charge < -0.3 is 14.6 Å². The number of nitrogens with one attached hydrogen (secondary N) is 1. The Morgan fingerprint density at radius 2 is 1.97 bits per heavy atom. The van der Waals surface area contributed by atoms with Crippen LogP contribution in [0.15, 0.2) is 30.6 Å². The highest BCUT2D eigenvalue weighted by molar-refractivity contribution is 6.76. The van der Waals surface area contributed by atoms with Crippen molar-refractivity contribution in [2.45, 2.75) is 58.7 Å². The number of benzene rings is 1. The maximum Gasteiger partial charge on any atom is 0.255 e. The van der Waals surface area contributed by atoms with Gasteiger partial charge in [-0.3, -0.25) is 9.48 Å². The Bertz CT molecular complexity index is 1400. The summed E-state index contributed by atoms with van der Waals surface area (Å²) < 4.78 is 23.1. The molecule has 0 fully saturated rings. The number of fused-ring (bicyclic) bond motifs is 2. The lowest BCUT2D eigenvalue weighted by Gasteiger charge is -2.20. The number of amides is 1. The Labute approximate surface area is 205 Å². The number of carbonyl (C=O) groups excluding carboxylic acids is 1. The van der Waals surface area contributed by atoms with Crippen LogP contribution in [-0.2, 0) is 18.5 Å². The molecule has 3 heterocycles. The normalized spacial score (nSPS) is 12.6. The van der Waals surface area contributed by atoms with E-state index in [1.165, 1.54) is 12.1 Å². The van der Waals surface area contributed by atoms with Crippen molar-refractivity contribution in [2.75, 3.05) is 6.61 Å². The second-order valence-corrected chi connectivity index (χ2v) is 16.7. The lowest BCUT2D eigenvalue weighted by Crippen LogP contribution is -2.40. The molecular formula is C25H33FN6O2Si.